The number of carbonyl (C=O) groups is 2. The van der Waals surface area contributed by atoms with E-state index in [9.17, 15) is 19.1 Å². The molecule has 3 rings (SSSR count). The van der Waals surface area contributed by atoms with Gasteiger partial charge in [-0.1, -0.05) is 12.1 Å². The normalized spacial score (nSPS) is 15.2. The molecule has 1 saturated heterocycles. The van der Waals surface area contributed by atoms with E-state index >= 15 is 0 Å². The van der Waals surface area contributed by atoms with Crippen LogP contribution in [0.25, 0.3) is 0 Å². The second-order valence-corrected chi connectivity index (χ2v) is 8.16. The predicted molar refractivity (Wildman–Crippen MR) is 109 cm³/mol. The highest BCUT2D eigenvalue weighted by atomic mass is 19.1. The number of carbonyl (C=O) groups excluding carboxylic acids is 2. The zero-order valence-electron chi connectivity index (χ0n) is 17.5. The quantitative estimate of drug-likeness (QED) is 0.783. The summed E-state index contributed by atoms with van der Waals surface area (Å²) in [6, 6.07) is 5.95. The Balaban J connectivity index is 1.59. The number of nitrogens with one attached hydrogen (secondary N) is 1. The molecule has 0 spiro atoms. The lowest BCUT2D eigenvalue weighted by Crippen LogP contribution is -2.48. The van der Waals surface area contributed by atoms with Crippen molar-refractivity contribution in [3.63, 3.8) is 0 Å². The Morgan fingerprint density at radius 3 is 2.43 bits per heavy atom. The van der Waals surface area contributed by atoms with Gasteiger partial charge in [-0.15, -0.1) is 0 Å². The van der Waals surface area contributed by atoms with Crippen molar-refractivity contribution in [1.82, 2.24) is 20.2 Å². The minimum atomic E-state index is -1.37. The first-order chi connectivity index (χ1) is 14.1. The van der Waals surface area contributed by atoms with Gasteiger partial charge in [0, 0.05) is 31.7 Å². The third-order valence-corrected chi connectivity index (χ3v) is 5.28. The molecule has 0 atom stereocenters. The van der Waals surface area contributed by atoms with Gasteiger partial charge in [0.15, 0.2) is 0 Å². The lowest BCUT2D eigenvalue weighted by molar-refractivity contribution is -0.149. The zero-order valence-corrected chi connectivity index (χ0v) is 17.5. The standard InChI is InChI=1S/C22H27FN4O3/c1-14-18(20(28)25-12-15-4-6-17(23)7-5-15)13-24-19(26-14)16-8-10-27(11-9-16)21(29)22(2,3)30/h4-7,13,16,30H,8-12H2,1-3H3,(H,25,28). The van der Waals surface area contributed by atoms with Crippen LogP contribution in [0.5, 0.6) is 0 Å². The van der Waals surface area contributed by atoms with Gasteiger partial charge in [0.1, 0.15) is 17.2 Å². The third kappa shape index (κ3) is 5.18. The topological polar surface area (TPSA) is 95.4 Å². The maximum Gasteiger partial charge on any atom is 0.254 e. The molecule has 1 aromatic heterocycles. The van der Waals surface area contributed by atoms with Crippen LogP contribution in [0.4, 0.5) is 4.39 Å². The average Bonchev–Trinajstić information content (AvgIpc) is 2.72. The van der Waals surface area contributed by atoms with Crippen molar-refractivity contribution in [3.05, 3.63) is 58.9 Å². The Hall–Kier alpha value is -2.87. The molecule has 7 nitrogen and oxygen atoms in total. The molecule has 0 saturated carbocycles. The summed E-state index contributed by atoms with van der Waals surface area (Å²) in [6.07, 6.45) is 2.95. The van der Waals surface area contributed by atoms with Gasteiger partial charge in [-0.3, -0.25) is 9.59 Å². The highest BCUT2D eigenvalue weighted by Gasteiger charge is 2.33. The smallest absolute Gasteiger partial charge is 0.254 e. The van der Waals surface area contributed by atoms with Crippen LogP contribution in [-0.2, 0) is 11.3 Å². The molecule has 160 valence electrons. The van der Waals surface area contributed by atoms with Crippen molar-refractivity contribution in [2.45, 2.75) is 51.7 Å². The Morgan fingerprint density at radius 1 is 1.23 bits per heavy atom. The lowest BCUT2D eigenvalue weighted by atomic mass is 9.94. The molecule has 2 heterocycles. The van der Waals surface area contributed by atoms with Crippen LogP contribution in [-0.4, -0.2) is 50.5 Å². The molecule has 2 amide bonds. The first-order valence-corrected chi connectivity index (χ1v) is 10.0. The van der Waals surface area contributed by atoms with Gasteiger partial charge in [0.2, 0.25) is 0 Å². The maximum atomic E-state index is 13.0. The molecule has 1 aliphatic heterocycles. The number of hydrogen-bond acceptors (Lipinski definition) is 5. The highest BCUT2D eigenvalue weighted by molar-refractivity contribution is 5.94. The average molecular weight is 414 g/mol. The van der Waals surface area contributed by atoms with Crippen molar-refractivity contribution in [3.8, 4) is 0 Å². The van der Waals surface area contributed by atoms with Crippen LogP contribution >= 0.6 is 0 Å². The molecule has 8 heteroatoms. The van der Waals surface area contributed by atoms with E-state index in [2.05, 4.69) is 15.3 Å². The molecule has 1 aliphatic rings. The number of amides is 2. The van der Waals surface area contributed by atoms with Crippen LogP contribution in [0.2, 0.25) is 0 Å². The van der Waals surface area contributed by atoms with E-state index in [1.807, 2.05) is 0 Å². The van der Waals surface area contributed by atoms with Crippen molar-refractivity contribution in [2.24, 2.45) is 0 Å². The van der Waals surface area contributed by atoms with E-state index in [-0.39, 0.29) is 30.1 Å². The Kier molecular flexibility index (Phi) is 6.45. The van der Waals surface area contributed by atoms with E-state index in [4.69, 9.17) is 0 Å². The minimum absolute atomic E-state index is 0.103. The molecular formula is C22H27FN4O3. The maximum absolute atomic E-state index is 13.0. The predicted octanol–water partition coefficient (Wildman–Crippen LogP) is 2.33. The monoisotopic (exact) mass is 414 g/mol. The van der Waals surface area contributed by atoms with Crippen molar-refractivity contribution >= 4 is 11.8 Å². The molecule has 0 bridgehead atoms. The van der Waals surface area contributed by atoms with E-state index in [1.165, 1.54) is 32.2 Å². The van der Waals surface area contributed by atoms with Crippen molar-refractivity contribution in [2.75, 3.05) is 13.1 Å². The Labute approximate surface area is 175 Å². The summed E-state index contributed by atoms with van der Waals surface area (Å²) >= 11 is 0. The number of hydrogen-bond donors (Lipinski definition) is 2. The van der Waals surface area contributed by atoms with Gasteiger partial charge in [0.05, 0.1) is 11.3 Å². The van der Waals surface area contributed by atoms with Gasteiger partial charge in [-0.25, -0.2) is 14.4 Å². The zero-order chi connectivity index (χ0) is 21.9. The van der Waals surface area contributed by atoms with Crippen LogP contribution in [0.15, 0.2) is 30.5 Å². The van der Waals surface area contributed by atoms with E-state index in [0.29, 0.717) is 43.0 Å². The largest absolute Gasteiger partial charge is 0.381 e. The van der Waals surface area contributed by atoms with E-state index < -0.39 is 5.60 Å². The molecule has 0 unspecified atom stereocenters. The molecule has 1 fully saturated rings. The molecule has 0 radical (unpaired) electrons. The summed E-state index contributed by atoms with van der Waals surface area (Å²) in [4.78, 5) is 35.3. The van der Waals surface area contributed by atoms with Crippen LogP contribution in [0.3, 0.4) is 0 Å². The first-order valence-electron chi connectivity index (χ1n) is 10.0. The SMILES string of the molecule is Cc1nc(C2CCN(C(=O)C(C)(C)O)CC2)ncc1C(=O)NCc1ccc(F)cc1. The molecular weight excluding hydrogens is 387 g/mol. The van der Waals surface area contributed by atoms with Crippen molar-refractivity contribution < 1.29 is 19.1 Å². The number of aromatic nitrogens is 2. The first kappa shape index (κ1) is 21.8. The molecule has 1 aromatic carbocycles. The fourth-order valence-electron chi connectivity index (χ4n) is 3.51. The second kappa shape index (κ2) is 8.87. The number of halogens is 1. The third-order valence-electron chi connectivity index (χ3n) is 5.28. The van der Waals surface area contributed by atoms with Gasteiger partial charge < -0.3 is 15.3 Å². The van der Waals surface area contributed by atoms with Crippen LogP contribution < -0.4 is 5.32 Å². The number of aliphatic hydroxyl groups is 1. The minimum Gasteiger partial charge on any atom is -0.381 e. The highest BCUT2D eigenvalue weighted by Crippen LogP contribution is 2.27. The summed E-state index contributed by atoms with van der Waals surface area (Å²) in [5.41, 5.74) is 0.414. The lowest BCUT2D eigenvalue weighted by Gasteiger charge is -2.34. The summed E-state index contributed by atoms with van der Waals surface area (Å²) in [6.45, 7) is 6.12. The van der Waals surface area contributed by atoms with E-state index in [1.54, 1.807) is 24.0 Å². The summed E-state index contributed by atoms with van der Waals surface area (Å²) in [7, 11) is 0. The summed E-state index contributed by atoms with van der Waals surface area (Å²) < 4.78 is 13.0. The fourth-order valence-corrected chi connectivity index (χ4v) is 3.51. The van der Waals surface area contributed by atoms with Gasteiger partial charge in [0.25, 0.3) is 11.8 Å². The van der Waals surface area contributed by atoms with Crippen molar-refractivity contribution in [1.29, 1.82) is 0 Å². The number of likely N-dealkylation sites (tertiary alicyclic amines) is 1. The molecule has 30 heavy (non-hydrogen) atoms. The molecule has 2 N–H and O–H groups in total. The Bertz CT molecular complexity index is 917. The van der Waals surface area contributed by atoms with Gasteiger partial charge >= 0.3 is 0 Å². The number of piperidine rings is 1. The van der Waals surface area contributed by atoms with Crippen LogP contribution in [0, 0.1) is 12.7 Å². The number of benzene rings is 1. The van der Waals surface area contributed by atoms with Gasteiger partial charge in [-0.05, 0) is 51.3 Å². The second-order valence-electron chi connectivity index (χ2n) is 8.16. The number of rotatable bonds is 5. The summed E-state index contributed by atoms with van der Waals surface area (Å²) in [5, 5.41) is 12.7. The fraction of sp³-hybridized carbons (Fsp3) is 0.455. The van der Waals surface area contributed by atoms with E-state index in [0.717, 1.165) is 5.56 Å². The summed E-state index contributed by atoms with van der Waals surface area (Å²) in [5.74, 6) is -0.107. The Morgan fingerprint density at radius 2 is 1.87 bits per heavy atom. The number of aryl methyl sites for hydroxylation is 1. The molecule has 2 aromatic rings. The van der Waals surface area contributed by atoms with Gasteiger partial charge in [-0.2, -0.15) is 0 Å². The van der Waals surface area contributed by atoms with Crippen LogP contribution in [0.1, 0.15) is 60.0 Å². The molecule has 0 aliphatic carbocycles. The number of nitrogens with zero attached hydrogens (tertiary/aromatic N) is 3.